The van der Waals surface area contributed by atoms with Crippen LogP contribution in [0.15, 0.2) is 30.3 Å². The van der Waals surface area contributed by atoms with Crippen LogP contribution in [-0.4, -0.2) is 44.0 Å². The monoisotopic (exact) mass is 219 g/mol. The van der Waals surface area contributed by atoms with Crippen molar-refractivity contribution in [3.05, 3.63) is 35.9 Å². The molecule has 1 heterocycles. The van der Waals surface area contributed by atoms with Crippen molar-refractivity contribution >= 4 is 6.29 Å². The summed E-state index contributed by atoms with van der Waals surface area (Å²) in [6.07, 6.45) is 1.05. The van der Waals surface area contributed by atoms with Crippen LogP contribution in [-0.2, 0) is 9.53 Å². The third kappa shape index (κ3) is 2.90. The molecule has 1 saturated heterocycles. The van der Waals surface area contributed by atoms with E-state index in [2.05, 4.69) is 4.90 Å². The Balaban J connectivity index is 1.97. The summed E-state index contributed by atoms with van der Waals surface area (Å²) < 4.78 is 5.29. The first-order valence-corrected chi connectivity index (χ1v) is 5.70. The maximum atomic E-state index is 11.1. The van der Waals surface area contributed by atoms with Gasteiger partial charge in [-0.1, -0.05) is 30.3 Å². The normalized spacial score (nSPS) is 19.2. The van der Waals surface area contributed by atoms with Crippen molar-refractivity contribution in [2.75, 3.05) is 32.8 Å². The molecule has 0 saturated carbocycles. The quantitative estimate of drug-likeness (QED) is 0.715. The van der Waals surface area contributed by atoms with Gasteiger partial charge < -0.3 is 9.53 Å². The van der Waals surface area contributed by atoms with Gasteiger partial charge in [-0.25, -0.2) is 0 Å². The molecule has 86 valence electrons. The molecule has 3 nitrogen and oxygen atoms in total. The van der Waals surface area contributed by atoms with E-state index in [1.54, 1.807) is 0 Å². The van der Waals surface area contributed by atoms with Crippen molar-refractivity contribution in [3.8, 4) is 0 Å². The predicted molar refractivity (Wildman–Crippen MR) is 62.5 cm³/mol. The topological polar surface area (TPSA) is 29.5 Å². The van der Waals surface area contributed by atoms with Gasteiger partial charge in [0.25, 0.3) is 0 Å². The second-order valence-corrected chi connectivity index (χ2v) is 4.07. The van der Waals surface area contributed by atoms with E-state index < -0.39 is 0 Å². The van der Waals surface area contributed by atoms with Crippen LogP contribution < -0.4 is 0 Å². The van der Waals surface area contributed by atoms with Gasteiger partial charge in [0.1, 0.15) is 6.29 Å². The minimum Gasteiger partial charge on any atom is -0.379 e. The highest BCUT2D eigenvalue weighted by Crippen LogP contribution is 2.15. The zero-order valence-corrected chi connectivity index (χ0v) is 9.34. The van der Waals surface area contributed by atoms with E-state index in [-0.39, 0.29) is 5.92 Å². The number of nitrogens with zero attached hydrogens (tertiary/aromatic N) is 1. The van der Waals surface area contributed by atoms with E-state index in [0.29, 0.717) is 0 Å². The molecule has 0 bridgehead atoms. The molecule has 1 aliphatic rings. The van der Waals surface area contributed by atoms with Crippen molar-refractivity contribution in [2.45, 2.75) is 5.92 Å². The zero-order chi connectivity index (χ0) is 11.2. The third-order valence-corrected chi connectivity index (χ3v) is 2.95. The number of morpholine rings is 1. The second-order valence-electron chi connectivity index (χ2n) is 4.07. The Morgan fingerprint density at radius 3 is 2.56 bits per heavy atom. The van der Waals surface area contributed by atoms with Gasteiger partial charge in [-0.2, -0.15) is 0 Å². The van der Waals surface area contributed by atoms with Crippen LogP contribution in [0.25, 0.3) is 0 Å². The number of hydrogen-bond donors (Lipinski definition) is 0. The molecule has 1 aromatic carbocycles. The number of carbonyl (C=O) groups excluding carboxylic acids is 1. The maximum Gasteiger partial charge on any atom is 0.128 e. The molecule has 0 radical (unpaired) electrons. The summed E-state index contributed by atoms with van der Waals surface area (Å²) in [6.45, 7) is 4.21. The molecule has 1 fully saturated rings. The Labute approximate surface area is 96.0 Å². The summed E-state index contributed by atoms with van der Waals surface area (Å²) in [4.78, 5) is 13.4. The SMILES string of the molecule is O=CC(CN1CCOCC1)c1ccccc1. The van der Waals surface area contributed by atoms with Gasteiger partial charge in [0.15, 0.2) is 0 Å². The highest BCUT2D eigenvalue weighted by molar-refractivity contribution is 5.62. The minimum atomic E-state index is -0.0145. The first-order valence-electron chi connectivity index (χ1n) is 5.70. The number of aldehydes is 1. The van der Waals surface area contributed by atoms with Crippen LogP contribution in [0.1, 0.15) is 11.5 Å². The summed E-state index contributed by atoms with van der Waals surface area (Å²) in [5.74, 6) is -0.0145. The van der Waals surface area contributed by atoms with Crippen molar-refractivity contribution < 1.29 is 9.53 Å². The molecule has 1 unspecified atom stereocenters. The first kappa shape index (κ1) is 11.3. The number of hydrogen-bond acceptors (Lipinski definition) is 3. The van der Waals surface area contributed by atoms with Gasteiger partial charge in [-0.15, -0.1) is 0 Å². The van der Waals surface area contributed by atoms with Crippen molar-refractivity contribution in [1.82, 2.24) is 4.90 Å². The van der Waals surface area contributed by atoms with E-state index in [9.17, 15) is 4.79 Å². The smallest absolute Gasteiger partial charge is 0.128 e. The Morgan fingerprint density at radius 1 is 1.25 bits per heavy atom. The summed E-state index contributed by atoms with van der Waals surface area (Å²) in [7, 11) is 0. The van der Waals surface area contributed by atoms with Crippen LogP contribution in [0.3, 0.4) is 0 Å². The van der Waals surface area contributed by atoms with E-state index in [4.69, 9.17) is 4.74 Å². The van der Waals surface area contributed by atoms with Crippen molar-refractivity contribution in [2.24, 2.45) is 0 Å². The number of carbonyl (C=O) groups is 1. The number of rotatable bonds is 4. The van der Waals surface area contributed by atoms with Gasteiger partial charge in [-0.3, -0.25) is 4.90 Å². The average molecular weight is 219 g/mol. The Kier molecular flexibility index (Phi) is 4.08. The number of ether oxygens (including phenoxy) is 1. The fraction of sp³-hybridized carbons (Fsp3) is 0.462. The standard InChI is InChI=1S/C13H17NO2/c15-11-13(12-4-2-1-3-5-12)10-14-6-8-16-9-7-14/h1-5,11,13H,6-10H2. The molecule has 0 aliphatic carbocycles. The van der Waals surface area contributed by atoms with Gasteiger partial charge in [0.05, 0.1) is 19.1 Å². The summed E-state index contributed by atoms with van der Waals surface area (Å²) in [5, 5.41) is 0. The van der Waals surface area contributed by atoms with Gasteiger partial charge in [-0.05, 0) is 5.56 Å². The Morgan fingerprint density at radius 2 is 1.94 bits per heavy atom. The van der Waals surface area contributed by atoms with E-state index in [1.165, 1.54) is 0 Å². The van der Waals surface area contributed by atoms with E-state index >= 15 is 0 Å². The summed E-state index contributed by atoms with van der Waals surface area (Å²) in [6, 6.07) is 9.95. The molecule has 0 aromatic heterocycles. The van der Waals surface area contributed by atoms with Gasteiger partial charge in [0.2, 0.25) is 0 Å². The minimum absolute atomic E-state index is 0.0145. The lowest BCUT2D eigenvalue weighted by molar-refractivity contribution is -0.109. The number of benzene rings is 1. The zero-order valence-electron chi connectivity index (χ0n) is 9.34. The average Bonchev–Trinajstić information content (AvgIpc) is 2.38. The van der Waals surface area contributed by atoms with Crippen LogP contribution in [0.5, 0.6) is 0 Å². The van der Waals surface area contributed by atoms with E-state index in [1.807, 2.05) is 30.3 Å². The molecule has 0 N–H and O–H groups in total. The highest BCUT2D eigenvalue weighted by atomic mass is 16.5. The van der Waals surface area contributed by atoms with Crippen LogP contribution in [0, 0.1) is 0 Å². The molecule has 1 aliphatic heterocycles. The second kappa shape index (κ2) is 5.77. The van der Waals surface area contributed by atoms with Crippen LogP contribution >= 0.6 is 0 Å². The maximum absolute atomic E-state index is 11.1. The largest absolute Gasteiger partial charge is 0.379 e. The van der Waals surface area contributed by atoms with Gasteiger partial charge >= 0.3 is 0 Å². The Hall–Kier alpha value is -1.19. The molecule has 0 spiro atoms. The van der Waals surface area contributed by atoms with E-state index in [0.717, 1.165) is 44.7 Å². The molecular weight excluding hydrogens is 202 g/mol. The lowest BCUT2D eigenvalue weighted by atomic mass is 10.00. The Bertz CT molecular complexity index is 320. The fourth-order valence-electron chi connectivity index (χ4n) is 1.99. The fourth-order valence-corrected chi connectivity index (χ4v) is 1.99. The van der Waals surface area contributed by atoms with Crippen molar-refractivity contribution in [3.63, 3.8) is 0 Å². The first-order chi connectivity index (χ1) is 7.90. The molecule has 16 heavy (non-hydrogen) atoms. The molecule has 3 heteroatoms. The molecular formula is C13H17NO2. The summed E-state index contributed by atoms with van der Waals surface area (Å²) in [5.41, 5.74) is 1.10. The molecule has 1 atom stereocenters. The predicted octanol–water partition coefficient (Wildman–Crippen LogP) is 1.30. The molecule has 1 aromatic rings. The van der Waals surface area contributed by atoms with Crippen LogP contribution in [0.2, 0.25) is 0 Å². The van der Waals surface area contributed by atoms with Crippen LogP contribution in [0.4, 0.5) is 0 Å². The lowest BCUT2D eigenvalue weighted by Crippen LogP contribution is -2.39. The van der Waals surface area contributed by atoms with Crippen molar-refractivity contribution in [1.29, 1.82) is 0 Å². The highest BCUT2D eigenvalue weighted by Gasteiger charge is 2.17. The van der Waals surface area contributed by atoms with Gasteiger partial charge in [0, 0.05) is 19.6 Å². The lowest BCUT2D eigenvalue weighted by Gasteiger charge is -2.28. The molecule has 0 amide bonds. The third-order valence-electron chi connectivity index (χ3n) is 2.95. The molecule has 2 rings (SSSR count). The summed E-state index contributed by atoms with van der Waals surface area (Å²) >= 11 is 0.